The predicted octanol–water partition coefficient (Wildman–Crippen LogP) is 2.75. The molecule has 1 saturated carbocycles. The second-order valence-electron chi connectivity index (χ2n) is 5.96. The zero-order valence-corrected chi connectivity index (χ0v) is 10.9. The highest BCUT2D eigenvalue weighted by Gasteiger charge is 2.29. The molecule has 1 aliphatic carbocycles. The maximum absolute atomic E-state index is 10.6. The Morgan fingerprint density at radius 1 is 1.35 bits per heavy atom. The minimum absolute atomic E-state index is 0.343. The molecular formula is C14H25NO2. The van der Waals surface area contributed by atoms with Crippen LogP contribution < -0.4 is 0 Å². The van der Waals surface area contributed by atoms with Gasteiger partial charge in [-0.15, -0.1) is 0 Å². The Bertz CT molecular complexity index is 263. The molecule has 2 atom stereocenters. The number of hydrogen-bond acceptors (Lipinski definition) is 2. The summed E-state index contributed by atoms with van der Waals surface area (Å²) in [7, 11) is 0. The smallest absolute Gasteiger partial charge is 0.303 e. The molecule has 0 aromatic rings. The summed E-state index contributed by atoms with van der Waals surface area (Å²) >= 11 is 0. The third-order valence-electron chi connectivity index (χ3n) is 4.31. The van der Waals surface area contributed by atoms with Crippen molar-refractivity contribution < 1.29 is 9.90 Å². The maximum Gasteiger partial charge on any atom is 0.303 e. The monoisotopic (exact) mass is 239 g/mol. The fourth-order valence-corrected chi connectivity index (χ4v) is 3.05. The third kappa shape index (κ3) is 4.30. The first-order chi connectivity index (χ1) is 8.15. The van der Waals surface area contributed by atoms with Crippen molar-refractivity contribution in [3.63, 3.8) is 0 Å². The van der Waals surface area contributed by atoms with Gasteiger partial charge in [-0.1, -0.05) is 12.8 Å². The zero-order chi connectivity index (χ0) is 12.3. The number of nitrogens with zero attached hydrogens (tertiary/aromatic N) is 1. The number of piperidine rings is 1. The summed E-state index contributed by atoms with van der Waals surface area (Å²) in [6, 6.07) is 0.704. The van der Waals surface area contributed by atoms with Crippen LogP contribution in [0.25, 0.3) is 0 Å². The van der Waals surface area contributed by atoms with Crippen LogP contribution in [-0.2, 0) is 4.79 Å². The number of aliphatic carboxylic acids is 1. The van der Waals surface area contributed by atoms with Gasteiger partial charge in [0.1, 0.15) is 0 Å². The molecule has 3 heteroatoms. The van der Waals surface area contributed by atoms with Gasteiger partial charge >= 0.3 is 5.97 Å². The minimum Gasteiger partial charge on any atom is -0.481 e. The molecule has 1 heterocycles. The number of hydrogen-bond donors (Lipinski definition) is 1. The fourth-order valence-electron chi connectivity index (χ4n) is 3.05. The quantitative estimate of drug-likeness (QED) is 0.775. The topological polar surface area (TPSA) is 40.5 Å². The Balaban J connectivity index is 1.72. The van der Waals surface area contributed by atoms with Crippen LogP contribution in [0.3, 0.4) is 0 Å². The van der Waals surface area contributed by atoms with Gasteiger partial charge in [0, 0.05) is 19.0 Å². The fraction of sp³-hybridized carbons (Fsp3) is 0.929. The molecule has 2 unspecified atom stereocenters. The van der Waals surface area contributed by atoms with Gasteiger partial charge in [0.2, 0.25) is 0 Å². The second-order valence-corrected chi connectivity index (χ2v) is 5.96. The molecule has 98 valence electrons. The van der Waals surface area contributed by atoms with E-state index >= 15 is 0 Å². The van der Waals surface area contributed by atoms with E-state index in [1.54, 1.807) is 0 Å². The van der Waals surface area contributed by atoms with E-state index < -0.39 is 5.97 Å². The highest BCUT2D eigenvalue weighted by atomic mass is 16.4. The Morgan fingerprint density at radius 2 is 2.12 bits per heavy atom. The summed E-state index contributed by atoms with van der Waals surface area (Å²) < 4.78 is 0. The first-order valence-corrected chi connectivity index (χ1v) is 7.11. The van der Waals surface area contributed by atoms with Gasteiger partial charge in [-0.3, -0.25) is 4.79 Å². The van der Waals surface area contributed by atoms with Crippen LogP contribution in [0, 0.1) is 11.8 Å². The lowest BCUT2D eigenvalue weighted by Crippen LogP contribution is -2.41. The summed E-state index contributed by atoms with van der Waals surface area (Å²) in [5.41, 5.74) is 0. The molecule has 2 fully saturated rings. The lowest BCUT2D eigenvalue weighted by Gasteiger charge is -2.37. The number of carbonyl (C=O) groups is 1. The van der Waals surface area contributed by atoms with Crippen molar-refractivity contribution in [1.29, 1.82) is 0 Å². The van der Waals surface area contributed by atoms with E-state index in [0.717, 1.165) is 18.9 Å². The number of carboxylic acids is 1. The van der Waals surface area contributed by atoms with E-state index in [0.29, 0.717) is 18.4 Å². The van der Waals surface area contributed by atoms with Crippen LogP contribution in [0.1, 0.15) is 51.9 Å². The van der Waals surface area contributed by atoms with Crippen LogP contribution in [-0.4, -0.2) is 35.1 Å². The number of carboxylic acid groups (broad SMARTS) is 1. The third-order valence-corrected chi connectivity index (χ3v) is 4.31. The van der Waals surface area contributed by atoms with E-state index in [1.165, 1.54) is 38.6 Å². The largest absolute Gasteiger partial charge is 0.481 e. The van der Waals surface area contributed by atoms with Crippen molar-refractivity contribution in [2.75, 3.05) is 13.1 Å². The van der Waals surface area contributed by atoms with Crippen LogP contribution in [0.4, 0.5) is 0 Å². The molecule has 0 aromatic carbocycles. The molecule has 1 aliphatic heterocycles. The summed E-state index contributed by atoms with van der Waals surface area (Å²) in [5.74, 6) is 0.957. The van der Waals surface area contributed by atoms with Crippen molar-refractivity contribution in [2.45, 2.75) is 57.9 Å². The van der Waals surface area contributed by atoms with Crippen molar-refractivity contribution in [2.24, 2.45) is 11.8 Å². The first-order valence-electron chi connectivity index (χ1n) is 7.11. The van der Waals surface area contributed by atoms with Crippen molar-refractivity contribution in [3.05, 3.63) is 0 Å². The molecule has 0 aromatic heterocycles. The highest BCUT2D eigenvalue weighted by Crippen LogP contribution is 2.35. The number of likely N-dealkylation sites (tertiary alicyclic amines) is 1. The van der Waals surface area contributed by atoms with Gasteiger partial charge in [0.25, 0.3) is 0 Å². The average Bonchev–Trinajstić information content (AvgIpc) is 3.10. The molecule has 3 nitrogen and oxygen atoms in total. The van der Waals surface area contributed by atoms with E-state index in [4.69, 9.17) is 5.11 Å². The normalized spacial score (nSPS) is 27.9. The van der Waals surface area contributed by atoms with Crippen LogP contribution in [0.5, 0.6) is 0 Å². The van der Waals surface area contributed by atoms with Gasteiger partial charge in [-0.2, -0.15) is 0 Å². The summed E-state index contributed by atoms with van der Waals surface area (Å²) in [5, 5.41) is 8.73. The summed E-state index contributed by atoms with van der Waals surface area (Å²) in [6.45, 7) is 4.69. The molecule has 2 aliphatic rings. The van der Waals surface area contributed by atoms with Crippen molar-refractivity contribution in [1.82, 2.24) is 4.90 Å². The molecule has 0 radical (unpaired) electrons. The molecular weight excluding hydrogens is 214 g/mol. The van der Waals surface area contributed by atoms with E-state index in [-0.39, 0.29) is 0 Å². The Kier molecular flexibility index (Phi) is 4.43. The lowest BCUT2D eigenvalue weighted by atomic mass is 9.92. The standard InChI is InChI=1S/C14H25NO2/c1-11(9-12-4-5-12)15-8-2-3-13(10-15)6-7-14(16)17/h11-13H,2-10H2,1H3,(H,16,17). The SMILES string of the molecule is CC(CC1CC1)N1CCCC(CCC(=O)O)C1. The highest BCUT2D eigenvalue weighted by molar-refractivity contribution is 5.66. The molecule has 1 N–H and O–H groups in total. The van der Waals surface area contributed by atoms with Gasteiger partial charge in [0.15, 0.2) is 0 Å². The van der Waals surface area contributed by atoms with Crippen molar-refractivity contribution >= 4 is 5.97 Å². The van der Waals surface area contributed by atoms with Crippen LogP contribution >= 0.6 is 0 Å². The van der Waals surface area contributed by atoms with Gasteiger partial charge < -0.3 is 10.0 Å². The molecule has 0 amide bonds. The van der Waals surface area contributed by atoms with Crippen LogP contribution in [0.15, 0.2) is 0 Å². The second kappa shape index (κ2) is 5.85. The average molecular weight is 239 g/mol. The molecule has 2 rings (SSSR count). The van der Waals surface area contributed by atoms with E-state index in [9.17, 15) is 4.79 Å². The molecule has 0 spiro atoms. The van der Waals surface area contributed by atoms with Crippen molar-refractivity contribution in [3.8, 4) is 0 Å². The Hall–Kier alpha value is -0.570. The molecule has 1 saturated heterocycles. The maximum atomic E-state index is 10.6. The first kappa shape index (κ1) is 12.9. The molecule has 17 heavy (non-hydrogen) atoms. The predicted molar refractivity (Wildman–Crippen MR) is 68.0 cm³/mol. The Labute approximate surface area is 104 Å². The Morgan fingerprint density at radius 3 is 2.76 bits per heavy atom. The zero-order valence-electron chi connectivity index (χ0n) is 10.9. The van der Waals surface area contributed by atoms with E-state index in [2.05, 4.69) is 11.8 Å². The van der Waals surface area contributed by atoms with Gasteiger partial charge in [-0.25, -0.2) is 0 Å². The van der Waals surface area contributed by atoms with Gasteiger partial charge in [-0.05, 0) is 51.0 Å². The van der Waals surface area contributed by atoms with Crippen LogP contribution in [0.2, 0.25) is 0 Å². The van der Waals surface area contributed by atoms with Gasteiger partial charge in [0.05, 0.1) is 0 Å². The molecule has 0 bridgehead atoms. The summed E-state index contributed by atoms with van der Waals surface area (Å²) in [4.78, 5) is 13.2. The minimum atomic E-state index is -0.645. The van der Waals surface area contributed by atoms with E-state index in [1.807, 2.05) is 0 Å². The lowest BCUT2D eigenvalue weighted by molar-refractivity contribution is -0.137. The number of rotatable bonds is 6. The summed E-state index contributed by atoms with van der Waals surface area (Å²) in [6.07, 6.45) is 7.89.